The lowest BCUT2D eigenvalue weighted by Gasteiger charge is -1.96. The topological polar surface area (TPSA) is 55.5 Å². The molecule has 0 unspecified atom stereocenters. The Bertz CT molecular complexity index is 589. The molecule has 90 valence electrons. The van der Waals surface area contributed by atoms with E-state index in [0.717, 1.165) is 5.56 Å². The van der Waals surface area contributed by atoms with Crippen LogP contribution in [0.5, 0.6) is 0 Å². The third kappa shape index (κ3) is 3.01. The lowest BCUT2D eigenvalue weighted by Crippen LogP contribution is -1.86. The molecule has 2 aromatic rings. The molecule has 4 nitrogen and oxygen atoms in total. The van der Waals surface area contributed by atoms with Gasteiger partial charge in [0, 0.05) is 18.3 Å². The minimum Gasteiger partial charge on any atom is -0.258 e. The fourth-order valence-electron chi connectivity index (χ4n) is 1.49. The molecule has 4 heteroatoms. The predicted octanol–water partition coefficient (Wildman–Crippen LogP) is 3.65. The number of non-ortho nitro benzene ring substituents is 1. The maximum absolute atomic E-state index is 10.6. The first kappa shape index (κ1) is 12.0. The summed E-state index contributed by atoms with van der Waals surface area (Å²) in [6.07, 6.45) is 1.69. The normalized spacial score (nSPS) is 10.7. The SMILES string of the molecule is Cc1ccc(C=Nc2cccc([N+](=O)[O-])c2)cc1. The Morgan fingerprint density at radius 3 is 2.56 bits per heavy atom. The average molecular weight is 240 g/mol. The lowest BCUT2D eigenvalue weighted by molar-refractivity contribution is -0.384. The molecule has 0 atom stereocenters. The highest BCUT2D eigenvalue weighted by molar-refractivity contribution is 5.82. The lowest BCUT2D eigenvalue weighted by atomic mass is 10.2. The van der Waals surface area contributed by atoms with Crippen LogP contribution >= 0.6 is 0 Å². The number of nitro benzene ring substituents is 1. The molecule has 0 spiro atoms. The summed E-state index contributed by atoms with van der Waals surface area (Å²) >= 11 is 0. The Balaban J connectivity index is 2.20. The van der Waals surface area contributed by atoms with Crippen molar-refractivity contribution >= 4 is 17.6 Å². The summed E-state index contributed by atoms with van der Waals surface area (Å²) in [5.74, 6) is 0. The standard InChI is InChI=1S/C14H12N2O2/c1-11-5-7-12(8-6-11)10-15-13-3-2-4-14(9-13)16(17)18/h2-10H,1H3. The van der Waals surface area contributed by atoms with E-state index in [1.165, 1.54) is 17.7 Å². The monoisotopic (exact) mass is 240 g/mol. The quantitative estimate of drug-likeness (QED) is 0.467. The van der Waals surface area contributed by atoms with Crippen molar-refractivity contribution in [1.29, 1.82) is 0 Å². The molecule has 18 heavy (non-hydrogen) atoms. The van der Waals surface area contributed by atoms with Crippen LogP contribution in [0.4, 0.5) is 11.4 Å². The van der Waals surface area contributed by atoms with Gasteiger partial charge in [0.25, 0.3) is 5.69 Å². The summed E-state index contributed by atoms with van der Waals surface area (Å²) in [7, 11) is 0. The molecule has 0 aliphatic heterocycles. The van der Waals surface area contributed by atoms with E-state index in [-0.39, 0.29) is 5.69 Å². The summed E-state index contributed by atoms with van der Waals surface area (Å²) in [5.41, 5.74) is 2.77. The van der Waals surface area contributed by atoms with Gasteiger partial charge in [-0.3, -0.25) is 15.1 Å². The van der Waals surface area contributed by atoms with Gasteiger partial charge in [0.1, 0.15) is 0 Å². The number of nitrogens with zero attached hydrogens (tertiary/aromatic N) is 2. The van der Waals surface area contributed by atoms with E-state index in [0.29, 0.717) is 5.69 Å². The van der Waals surface area contributed by atoms with E-state index >= 15 is 0 Å². The molecule has 0 N–H and O–H groups in total. The van der Waals surface area contributed by atoms with Crippen molar-refractivity contribution in [3.63, 3.8) is 0 Å². The highest BCUT2D eigenvalue weighted by atomic mass is 16.6. The first-order valence-corrected chi connectivity index (χ1v) is 5.50. The van der Waals surface area contributed by atoms with Crippen LogP contribution in [0.15, 0.2) is 53.5 Å². The summed E-state index contributed by atoms with van der Waals surface area (Å²) < 4.78 is 0. The second-order valence-electron chi connectivity index (χ2n) is 3.95. The molecule has 0 bridgehead atoms. The number of hydrogen-bond acceptors (Lipinski definition) is 3. The van der Waals surface area contributed by atoms with Crippen LogP contribution in [0.25, 0.3) is 0 Å². The van der Waals surface area contributed by atoms with Gasteiger partial charge in [-0.25, -0.2) is 0 Å². The number of aliphatic imine (C=N–C) groups is 1. The highest BCUT2D eigenvalue weighted by Crippen LogP contribution is 2.19. The van der Waals surface area contributed by atoms with E-state index in [1.807, 2.05) is 31.2 Å². The molecular weight excluding hydrogens is 228 g/mol. The molecule has 0 heterocycles. The second kappa shape index (κ2) is 5.23. The van der Waals surface area contributed by atoms with Crippen molar-refractivity contribution in [3.05, 3.63) is 69.8 Å². The molecule has 0 aliphatic carbocycles. The van der Waals surface area contributed by atoms with Crippen molar-refractivity contribution < 1.29 is 4.92 Å². The van der Waals surface area contributed by atoms with E-state index in [1.54, 1.807) is 18.3 Å². The Morgan fingerprint density at radius 1 is 1.17 bits per heavy atom. The number of benzene rings is 2. The zero-order chi connectivity index (χ0) is 13.0. The van der Waals surface area contributed by atoms with Gasteiger partial charge >= 0.3 is 0 Å². The molecule has 0 radical (unpaired) electrons. The van der Waals surface area contributed by atoms with Gasteiger partial charge in [-0.15, -0.1) is 0 Å². The number of aryl methyl sites for hydroxylation is 1. The summed E-state index contributed by atoms with van der Waals surface area (Å²) in [6.45, 7) is 2.02. The van der Waals surface area contributed by atoms with E-state index in [4.69, 9.17) is 0 Å². The smallest absolute Gasteiger partial charge is 0.258 e. The molecule has 2 aromatic carbocycles. The zero-order valence-corrected chi connectivity index (χ0v) is 9.91. The molecule has 2 rings (SSSR count). The molecule has 0 fully saturated rings. The van der Waals surface area contributed by atoms with Gasteiger partial charge in [0.05, 0.1) is 10.6 Å². The van der Waals surface area contributed by atoms with Gasteiger partial charge in [-0.1, -0.05) is 35.9 Å². The van der Waals surface area contributed by atoms with E-state index < -0.39 is 4.92 Å². The predicted molar refractivity (Wildman–Crippen MR) is 71.5 cm³/mol. The van der Waals surface area contributed by atoms with Gasteiger partial charge in [-0.05, 0) is 18.6 Å². The highest BCUT2D eigenvalue weighted by Gasteiger charge is 2.03. The van der Waals surface area contributed by atoms with Crippen LogP contribution in [-0.4, -0.2) is 11.1 Å². The molecule has 0 aromatic heterocycles. The third-order valence-electron chi connectivity index (χ3n) is 2.48. The largest absolute Gasteiger partial charge is 0.271 e. The van der Waals surface area contributed by atoms with Gasteiger partial charge in [-0.2, -0.15) is 0 Å². The first-order valence-electron chi connectivity index (χ1n) is 5.50. The van der Waals surface area contributed by atoms with Gasteiger partial charge in [0.15, 0.2) is 0 Å². The minimum atomic E-state index is -0.426. The molecule has 0 aliphatic rings. The van der Waals surface area contributed by atoms with Gasteiger partial charge in [0.2, 0.25) is 0 Å². The Hall–Kier alpha value is -2.49. The summed E-state index contributed by atoms with van der Waals surface area (Å²) in [4.78, 5) is 14.4. The maximum Gasteiger partial charge on any atom is 0.271 e. The van der Waals surface area contributed by atoms with Crippen LogP contribution in [0.1, 0.15) is 11.1 Å². The average Bonchev–Trinajstić information content (AvgIpc) is 2.38. The second-order valence-corrected chi connectivity index (χ2v) is 3.95. The van der Waals surface area contributed by atoms with Crippen LogP contribution in [0.2, 0.25) is 0 Å². The fraction of sp³-hybridized carbons (Fsp3) is 0.0714. The maximum atomic E-state index is 10.6. The van der Waals surface area contributed by atoms with Crippen molar-refractivity contribution in [2.45, 2.75) is 6.92 Å². The molecule has 0 saturated heterocycles. The Kier molecular flexibility index (Phi) is 3.48. The zero-order valence-electron chi connectivity index (χ0n) is 9.91. The van der Waals surface area contributed by atoms with Gasteiger partial charge < -0.3 is 0 Å². The molecule has 0 saturated carbocycles. The molecule has 0 amide bonds. The van der Waals surface area contributed by atoms with Crippen molar-refractivity contribution in [1.82, 2.24) is 0 Å². The number of hydrogen-bond donors (Lipinski definition) is 0. The minimum absolute atomic E-state index is 0.0496. The third-order valence-corrected chi connectivity index (χ3v) is 2.48. The van der Waals surface area contributed by atoms with E-state index in [2.05, 4.69) is 4.99 Å². The number of nitro groups is 1. The molecular formula is C14H12N2O2. The van der Waals surface area contributed by atoms with Crippen molar-refractivity contribution in [3.8, 4) is 0 Å². The summed E-state index contributed by atoms with van der Waals surface area (Å²) in [5, 5.41) is 10.6. The van der Waals surface area contributed by atoms with Crippen LogP contribution < -0.4 is 0 Å². The van der Waals surface area contributed by atoms with E-state index in [9.17, 15) is 10.1 Å². The Labute approximate surface area is 105 Å². The fourth-order valence-corrected chi connectivity index (χ4v) is 1.49. The van der Waals surface area contributed by atoms with Crippen molar-refractivity contribution in [2.24, 2.45) is 4.99 Å². The Morgan fingerprint density at radius 2 is 1.89 bits per heavy atom. The number of rotatable bonds is 3. The van der Waals surface area contributed by atoms with Crippen LogP contribution in [0, 0.1) is 17.0 Å². The van der Waals surface area contributed by atoms with Crippen LogP contribution in [0.3, 0.4) is 0 Å². The summed E-state index contributed by atoms with van der Waals surface area (Å²) in [6, 6.07) is 14.2. The van der Waals surface area contributed by atoms with Crippen LogP contribution in [-0.2, 0) is 0 Å². The first-order chi connectivity index (χ1) is 8.65. The van der Waals surface area contributed by atoms with Crippen molar-refractivity contribution in [2.75, 3.05) is 0 Å².